The summed E-state index contributed by atoms with van der Waals surface area (Å²) in [5, 5.41) is 5.06. The van der Waals surface area contributed by atoms with E-state index in [0.717, 1.165) is 17.3 Å². The summed E-state index contributed by atoms with van der Waals surface area (Å²) in [4.78, 5) is 12.0. The van der Waals surface area contributed by atoms with Crippen molar-refractivity contribution in [1.29, 1.82) is 0 Å². The summed E-state index contributed by atoms with van der Waals surface area (Å²) in [6.07, 6.45) is 2.22. The Balaban J connectivity index is 2.38. The van der Waals surface area contributed by atoms with Crippen molar-refractivity contribution in [2.45, 2.75) is 39.7 Å². The molecule has 0 radical (unpaired) electrons. The van der Waals surface area contributed by atoms with Crippen molar-refractivity contribution in [3.8, 4) is 0 Å². The number of rotatable bonds is 1. The highest BCUT2D eigenvalue weighted by atomic mass is 16.6. The van der Waals surface area contributed by atoms with E-state index in [-0.39, 0.29) is 0 Å². The van der Waals surface area contributed by atoms with Gasteiger partial charge in [-0.25, -0.2) is 4.79 Å². The maximum absolute atomic E-state index is 12.0. The summed E-state index contributed by atoms with van der Waals surface area (Å²) in [7, 11) is 0. The van der Waals surface area contributed by atoms with Gasteiger partial charge in [-0.3, -0.25) is 0 Å². The van der Waals surface area contributed by atoms with Crippen molar-refractivity contribution in [3.63, 3.8) is 0 Å². The van der Waals surface area contributed by atoms with Gasteiger partial charge in [0.1, 0.15) is 5.60 Å². The number of aromatic nitrogens is 2. The van der Waals surface area contributed by atoms with Gasteiger partial charge >= 0.3 is 6.09 Å². The number of carbonyl (C=O) groups is 1. The SMILES string of the molecule is CCc1ccc2c(cnn2C(=O)OC(C)(C)C)c1. The predicted molar refractivity (Wildman–Crippen MR) is 70.7 cm³/mol. The number of aryl methyl sites for hydroxylation is 1. The average Bonchev–Trinajstić information content (AvgIpc) is 2.69. The smallest absolute Gasteiger partial charge is 0.435 e. The molecule has 0 aliphatic carbocycles. The van der Waals surface area contributed by atoms with Crippen LogP contribution in [0.15, 0.2) is 24.4 Å². The van der Waals surface area contributed by atoms with Crippen LogP contribution in [0.4, 0.5) is 4.79 Å². The van der Waals surface area contributed by atoms with Crippen molar-refractivity contribution in [2.75, 3.05) is 0 Å². The topological polar surface area (TPSA) is 44.1 Å². The van der Waals surface area contributed by atoms with Gasteiger partial charge in [-0.1, -0.05) is 13.0 Å². The molecule has 0 amide bonds. The molecular formula is C14H18N2O2. The zero-order valence-electron chi connectivity index (χ0n) is 11.2. The first-order chi connectivity index (χ1) is 8.40. The molecule has 0 N–H and O–H groups in total. The van der Waals surface area contributed by atoms with Gasteiger partial charge in [-0.15, -0.1) is 0 Å². The van der Waals surface area contributed by atoms with E-state index >= 15 is 0 Å². The van der Waals surface area contributed by atoms with Gasteiger partial charge in [-0.2, -0.15) is 9.78 Å². The zero-order chi connectivity index (χ0) is 13.3. The van der Waals surface area contributed by atoms with E-state index in [0.29, 0.717) is 0 Å². The summed E-state index contributed by atoms with van der Waals surface area (Å²) in [6, 6.07) is 5.96. The molecule has 0 atom stereocenters. The summed E-state index contributed by atoms with van der Waals surface area (Å²) in [5.41, 5.74) is 1.49. The Morgan fingerprint density at radius 2 is 2.11 bits per heavy atom. The van der Waals surface area contributed by atoms with Crippen molar-refractivity contribution >= 4 is 17.0 Å². The second-order valence-corrected chi connectivity index (χ2v) is 5.28. The molecule has 0 saturated heterocycles. The van der Waals surface area contributed by atoms with Crippen LogP contribution >= 0.6 is 0 Å². The Kier molecular flexibility index (Phi) is 3.11. The van der Waals surface area contributed by atoms with Gasteiger partial charge in [0.2, 0.25) is 0 Å². The van der Waals surface area contributed by atoms with Crippen LogP contribution in [0.5, 0.6) is 0 Å². The lowest BCUT2D eigenvalue weighted by molar-refractivity contribution is 0.0523. The molecule has 0 bridgehead atoms. The van der Waals surface area contributed by atoms with E-state index in [9.17, 15) is 4.79 Å². The first-order valence-corrected chi connectivity index (χ1v) is 6.11. The Morgan fingerprint density at radius 3 is 2.72 bits per heavy atom. The molecule has 1 aromatic carbocycles. The van der Waals surface area contributed by atoms with E-state index in [1.165, 1.54) is 10.2 Å². The number of nitrogens with zero attached hydrogens (tertiary/aromatic N) is 2. The molecule has 96 valence electrons. The van der Waals surface area contributed by atoms with Crippen molar-refractivity contribution in [3.05, 3.63) is 30.0 Å². The predicted octanol–water partition coefficient (Wildman–Crippen LogP) is 3.38. The maximum Gasteiger partial charge on any atom is 0.435 e. The Bertz CT molecular complexity index is 579. The molecule has 0 saturated carbocycles. The summed E-state index contributed by atoms with van der Waals surface area (Å²) in [5.74, 6) is 0. The molecule has 18 heavy (non-hydrogen) atoms. The molecule has 4 nitrogen and oxygen atoms in total. The van der Waals surface area contributed by atoms with Crippen LogP contribution < -0.4 is 0 Å². The molecule has 0 fully saturated rings. The van der Waals surface area contributed by atoms with Crippen molar-refractivity contribution < 1.29 is 9.53 Å². The van der Waals surface area contributed by atoms with Gasteiger partial charge in [0.25, 0.3) is 0 Å². The minimum Gasteiger partial charge on any atom is -0.442 e. The van der Waals surface area contributed by atoms with E-state index in [2.05, 4.69) is 12.0 Å². The van der Waals surface area contributed by atoms with Gasteiger partial charge in [-0.05, 0) is 44.9 Å². The fourth-order valence-corrected chi connectivity index (χ4v) is 1.75. The van der Waals surface area contributed by atoms with Crippen LogP contribution in [0.2, 0.25) is 0 Å². The quantitative estimate of drug-likeness (QED) is 0.774. The number of carbonyl (C=O) groups excluding carboxylic acids is 1. The van der Waals surface area contributed by atoms with Crippen LogP contribution in [-0.4, -0.2) is 21.5 Å². The normalized spacial score (nSPS) is 11.8. The van der Waals surface area contributed by atoms with E-state index in [4.69, 9.17) is 4.74 Å². The van der Waals surface area contributed by atoms with Gasteiger partial charge in [0.15, 0.2) is 0 Å². The molecule has 2 aromatic rings. The van der Waals surface area contributed by atoms with Crippen LogP contribution in [0.25, 0.3) is 10.9 Å². The molecule has 0 aliphatic rings. The third-order valence-corrected chi connectivity index (χ3v) is 2.61. The summed E-state index contributed by atoms with van der Waals surface area (Å²) >= 11 is 0. The highest BCUT2D eigenvalue weighted by Crippen LogP contribution is 2.18. The molecule has 4 heteroatoms. The number of ether oxygens (including phenoxy) is 1. The fraction of sp³-hybridized carbons (Fsp3) is 0.429. The molecule has 1 heterocycles. The first-order valence-electron chi connectivity index (χ1n) is 6.11. The summed E-state index contributed by atoms with van der Waals surface area (Å²) < 4.78 is 6.61. The number of benzene rings is 1. The number of hydrogen-bond acceptors (Lipinski definition) is 3. The lowest BCUT2D eigenvalue weighted by Crippen LogP contribution is -2.27. The standard InChI is InChI=1S/C14H18N2O2/c1-5-10-6-7-12-11(8-10)9-15-16(12)13(17)18-14(2,3)4/h6-9H,5H2,1-4H3. The van der Waals surface area contributed by atoms with Gasteiger partial charge in [0.05, 0.1) is 11.7 Å². The minimum atomic E-state index is -0.515. The van der Waals surface area contributed by atoms with Crippen molar-refractivity contribution in [2.24, 2.45) is 0 Å². The van der Waals surface area contributed by atoms with Crippen LogP contribution in [0.3, 0.4) is 0 Å². The van der Waals surface area contributed by atoms with Gasteiger partial charge < -0.3 is 4.74 Å². The van der Waals surface area contributed by atoms with E-state index in [1.807, 2.05) is 39.0 Å². The van der Waals surface area contributed by atoms with Crippen LogP contribution in [-0.2, 0) is 11.2 Å². The fourth-order valence-electron chi connectivity index (χ4n) is 1.75. The lowest BCUT2D eigenvalue weighted by Gasteiger charge is -2.19. The van der Waals surface area contributed by atoms with E-state index in [1.54, 1.807) is 6.20 Å². The Labute approximate surface area is 107 Å². The minimum absolute atomic E-state index is 0.443. The number of fused-ring (bicyclic) bond motifs is 1. The highest BCUT2D eigenvalue weighted by Gasteiger charge is 2.19. The highest BCUT2D eigenvalue weighted by molar-refractivity contribution is 5.88. The molecule has 0 spiro atoms. The van der Waals surface area contributed by atoms with Crippen molar-refractivity contribution in [1.82, 2.24) is 9.78 Å². The van der Waals surface area contributed by atoms with E-state index < -0.39 is 11.7 Å². The average molecular weight is 246 g/mol. The summed E-state index contributed by atoms with van der Waals surface area (Å²) in [6.45, 7) is 7.61. The van der Waals surface area contributed by atoms with Gasteiger partial charge in [0, 0.05) is 5.39 Å². The Morgan fingerprint density at radius 1 is 1.39 bits per heavy atom. The lowest BCUT2D eigenvalue weighted by atomic mass is 10.1. The molecule has 0 unspecified atom stereocenters. The number of hydrogen-bond donors (Lipinski definition) is 0. The second-order valence-electron chi connectivity index (χ2n) is 5.28. The largest absolute Gasteiger partial charge is 0.442 e. The molecule has 0 aliphatic heterocycles. The third-order valence-electron chi connectivity index (χ3n) is 2.61. The van der Waals surface area contributed by atoms with Crippen LogP contribution in [0.1, 0.15) is 33.3 Å². The Hall–Kier alpha value is -1.84. The second kappa shape index (κ2) is 4.44. The molecule has 1 aromatic heterocycles. The first kappa shape index (κ1) is 12.6. The molecule has 2 rings (SSSR count). The zero-order valence-corrected chi connectivity index (χ0v) is 11.2. The third kappa shape index (κ3) is 2.53. The van der Waals surface area contributed by atoms with Crippen LogP contribution in [0, 0.1) is 0 Å². The monoisotopic (exact) mass is 246 g/mol. The maximum atomic E-state index is 12.0. The molecular weight excluding hydrogens is 228 g/mol.